The van der Waals surface area contributed by atoms with E-state index >= 15 is 0 Å². The highest BCUT2D eigenvalue weighted by Crippen LogP contribution is 1.88. The minimum Gasteiger partial charge on any atom is -0.381 e. The van der Waals surface area contributed by atoms with E-state index in [1.165, 1.54) is 0 Å². The summed E-state index contributed by atoms with van der Waals surface area (Å²) in [5, 5.41) is 11.6. The van der Waals surface area contributed by atoms with E-state index in [-0.39, 0.29) is 6.01 Å². The Morgan fingerprint density at radius 3 is 3.12 bits per heavy atom. The summed E-state index contributed by atoms with van der Waals surface area (Å²) in [6, 6.07) is -0.0556. The molecule has 0 atom stereocenters. The van der Waals surface area contributed by atoms with Gasteiger partial charge in [-0.1, -0.05) is 5.10 Å². The maximum Gasteiger partial charge on any atom is 0.425 e. The first-order valence-electron chi connectivity index (χ1n) is 1.71. The van der Waals surface area contributed by atoms with Crippen molar-refractivity contribution in [2.45, 2.75) is 0 Å². The minimum absolute atomic E-state index is 0.0556. The van der Waals surface area contributed by atoms with Gasteiger partial charge in [0.2, 0.25) is 0 Å². The lowest BCUT2D eigenvalue weighted by atomic mass is 11.2. The predicted octanol–water partition coefficient (Wildman–Crippen LogP) is -1.35. The smallest absolute Gasteiger partial charge is 0.381 e. The summed E-state index contributed by atoms with van der Waals surface area (Å²) in [7, 11) is 0. The number of H-pyrrole nitrogens is 1. The van der Waals surface area contributed by atoms with Gasteiger partial charge in [-0.15, -0.1) is 0 Å². The van der Waals surface area contributed by atoms with Gasteiger partial charge in [0.05, 0.1) is 0 Å². The molecule has 8 heavy (non-hydrogen) atoms. The summed E-state index contributed by atoms with van der Waals surface area (Å²) in [6.45, 7) is 1.15. The number of nitrogens with one attached hydrogen (secondary N) is 1. The van der Waals surface area contributed by atoms with Gasteiger partial charge in [0.25, 0.3) is 0 Å². The molecule has 0 aliphatic heterocycles. The van der Waals surface area contributed by atoms with E-state index in [1.54, 1.807) is 0 Å². The minimum atomic E-state index is -0.0556. The molecular formula is C2HN4O2. The molecule has 6 nitrogen and oxygen atoms in total. The average Bonchev–Trinajstić information content (AvgIpc) is 2.19. The third-order valence-corrected chi connectivity index (χ3v) is 0.464. The molecule has 0 bridgehead atoms. The van der Waals surface area contributed by atoms with Crippen molar-refractivity contribution < 1.29 is 9.53 Å². The highest BCUT2D eigenvalue weighted by molar-refractivity contribution is 5.41. The van der Waals surface area contributed by atoms with Crippen LogP contribution >= 0.6 is 0 Å². The van der Waals surface area contributed by atoms with E-state index in [2.05, 4.69) is 25.4 Å². The average molecular weight is 113 g/mol. The zero-order valence-corrected chi connectivity index (χ0v) is 3.66. The van der Waals surface area contributed by atoms with Crippen molar-refractivity contribution in [2.24, 2.45) is 0 Å². The maximum atomic E-state index is 9.41. The van der Waals surface area contributed by atoms with Crippen molar-refractivity contribution in [3.8, 4) is 6.01 Å². The fourth-order valence-corrected chi connectivity index (χ4v) is 0.233. The Morgan fingerprint density at radius 2 is 2.62 bits per heavy atom. The monoisotopic (exact) mass is 113 g/mol. The number of ether oxygens (including phenoxy) is 1. The van der Waals surface area contributed by atoms with Crippen LogP contribution in [0.1, 0.15) is 0 Å². The number of tetrazole rings is 1. The number of rotatable bonds is 2. The third kappa shape index (κ3) is 0.780. The summed E-state index contributed by atoms with van der Waals surface area (Å²) >= 11 is 0. The molecule has 0 unspecified atom stereocenters. The number of aromatic nitrogens is 4. The molecular weight excluding hydrogens is 112 g/mol. The zero-order valence-electron chi connectivity index (χ0n) is 3.66. The van der Waals surface area contributed by atoms with E-state index < -0.39 is 0 Å². The van der Waals surface area contributed by atoms with Crippen molar-refractivity contribution in [2.75, 3.05) is 0 Å². The quantitative estimate of drug-likeness (QED) is 0.512. The Labute approximate surface area is 43.8 Å². The second kappa shape index (κ2) is 2.01. The molecule has 0 aromatic carbocycles. The number of carbonyl (C=O) groups excluding carboxylic acids is 1. The van der Waals surface area contributed by atoms with Crippen molar-refractivity contribution in [3.05, 3.63) is 0 Å². The van der Waals surface area contributed by atoms with Gasteiger partial charge in [-0.25, -0.2) is 9.89 Å². The second-order valence-electron chi connectivity index (χ2n) is 0.892. The lowest BCUT2D eigenvalue weighted by Gasteiger charge is -1.78. The van der Waals surface area contributed by atoms with Crippen LogP contribution in [0.25, 0.3) is 0 Å². The summed E-state index contributed by atoms with van der Waals surface area (Å²) in [5.41, 5.74) is 0. The summed E-state index contributed by atoms with van der Waals surface area (Å²) < 4.78 is 4.05. The second-order valence-corrected chi connectivity index (χ2v) is 0.892. The number of aromatic amines is 1. The van der Waals surface area contributed by atoms with Gasteiger partial charge >= 0.3 is 12.5 Å². The molecule has 1 rings (SSSR count). The Morgan fingerprint density at radius 1 is 1.75 bits per heavy atom. The van der Waals surface area contributed by atoms with Gasteiger partial charge < -0.3 is 4.74 Å². The van der Waals surface area contributed by atoms with Gasteiger partial charge in [0.1, 0.15) is 0 Å². The summed E-state index contributed by atoms with van der Waals surface area (Å²) in [5.74, 6) is 0. The molecule has 1 aromatic rings. The van der Waals surface area contributed by atoms with E-state index in [0.717, 1.165) is 6.47 Å². The van der Waals surface area contributed by atoms with Gasteiger partial charge in [-0.3, -0.25) is 0 Å². The molecule has 0 saturated heterocycles. The van der Waals surface area contributed by atoms with Gasteiger partial charge in [0, 0.05) is 0 Å². The summed E-state index contributed by atoms with van der Waals surface area (Å²) in [4.78, 5) is 9.41. The van der Waals surface area contributed by atoms with Crippen LogP contribution in [-0.4, -0.2) is 27.1 Å². The van der Waals surface area contributed by atoms with Gasteiger partial charge in [0.15, 0.2) is 0 Å². The molecule has 0 aliphatic carbocycles. The highest BCUT2D eigenvalue weighted by Gasteiger charge is 1.92. The first-order valence-corrected chi connectivity index (χ1v) is 1.71. The zero-order chi connectivity index (χ0) is 5.82. The summed E-state index contributed by atoms with van der Waals surface area (Å²) in [6.07, 6.45) is 0. The Balaban J connectivity index is 2.62. The van der Waals surface area contributed by atoms with Crippen LogP contribution in [0.3, 0.4) is 0 Å². The molecule has 1 aromatic heterocycles. The lowest BCUT2D eigenvalue weighted by molar-refractivity contribution is 0.422. The van der Waals surface area contributed by atoms with E-state index in [9.17, 15) is 4.79 Å². The van der Waals surface area contributed by atoms with Crippen LogP contribution in [0.4, 0.5) is 0 Å². The SMILES string of the molecule is O=[C]Oc1nnn[nH]1. The topological polar surface area (TPSA) is 80.8 Å². The molecule has 1 heterocycles. The van der Waals surface area contributed by atoms with Crippen molar-refractivity contribution in [3.63, 3.8) is 0 Å². The molecule has 0 spiro atoms. The van der Waals surface area contributed by atoms with Crippen molar-refractivity contribution >= 4 is 6.47 Å². The molecule has 0 aliphatic rings. The van der Waals surface area contributed by atoms with Crippen LogP contribution in [0.2, 0.25) is 0 Å². The van der Waals surface area contributed by atoms with E-state index in [1.807, 2.05) is 0 Å². The van der Waals surface area contributed by atoms with Crippen LogP contribution in [0.5, 0.6) is 6.01 Å². The van der Waals surface area contributed by atoms with Crippen LogP contribution in [0, 0.1) is 0 Å². The van der Waals surface area contributed by atoms with E-state index in [0.29, 0.717) is 0 Å². The normalized spacial score (nSPS) is 8.50. The highest BCUT2D eigenvalue weighted by atomic mass is 16.5. The predicted molar refractivity (Wildman–Crippen MR) is 20.5 cm³/mol. The first-order chi connectivity index (χ1) is 3.93. The molecule has 0 amide bonds. The molecule has 41 valence electrons. The first kappa shape index (κ1) is 4.69. The van der Waals surface area contributed by atoms with Crippen molar-refractivity contribution in [1.82, 2.24) is 20.6 Å². The lowest BCUT2D eigenvalue weighted by Crippen LogP contribution is -1.89. The number of hydrogen-bond donors (Lipinski definition) is 1. The van der Waals surface area contributed by atoms with Gasteiger partial charge in [-0.2, -0.15) is 0 Å². The van der Waals surface area contributed by atoms with Crippen LogP contribution in [-0.2, 0) is 4.79 Å². The van der Waals surface area contributed by atoms with Crippen LogP contribution in [0.15, 0.2) is 0 Å². The fraction of sp³-hybridized carbons (Fsp3) is 0. The molecule has 0 fully saturated rings. The fourth-order valence-electron chi connectivity index (χ4n) is 0.233. The molecule has 6 heteroatoms. The Kier molecular flexibility index (Phi) is 1.18. The number of nitrogens with zero attached hydrogens (tertiary/aromatic N) is 3. The Bertz CT molecular complexity index is 159. The third-order valence-electron chi connectivity index (χ3n) is 0.464. The van der Waals surface area contributed by atoms with Crippen molar-refractivity contribution in [1.29, 1.82) is 0 Å². The molecule has 0 saturated carbocycles. The molecule has 1 N–H and O–H groups in total. The number of hydrogen-bond acceptors (Lipinski definition) is 5. The maximum absolute atomic E-state index is 9.41. The van der Waals surface area contributed by atoms with Crippen LogP contribution < -0.4 is 4.74 Å². The van der Waals surface area contributed by atoms with E-state index in [4.69, 9.17) is 0 Å². The Hall–Kier alpha value is -1.46. The standard InChI is InChI=1S/C2HN4O2/c7-1-8-2-3-5-6-4-2/h(H,3,4,5,6). The molecule has 1 radical (unpaired) electrons. The largest absolute Gasteiger partial charge is 0.425 e. The van der Waals surface area contributed by atoms with Gasteiger partial charge in [-0.05, 0) is 10.4 Å².